The zero-order valence-electron chi connectivity index (χ0n) is 17.6. The molecule has 2 aromatic carbocycles. The minimum atomic E-state index is -0.491. The van der Waals surface area contributed by atoms with Crippen LogP contribution in [-0.4, -0.2) is 23.7 Å². The number of hydrogen-bond acceptors (Lipinski definition) is 3. The van der Waals surface area contributed by atoms with Crippen LogP contribution in [0.5, 0.6) is 0 Å². The number of halogens is 3. The van der Waals surface area contributed by atoms with E-state index >= 15 is 0 Å². The highest BCUT2D eigenvalue weighted by Crippen LogP contribution is 2.47. The first-order chi connectivity index (χ1) is 14.3. The highest BCUT2D eigenvalue weighted by Gasteiger charge is 2.28. The standard InChI is InChI=1S/C21H23Cl2FN2O2.C2H6/c1-12(27)6-7-25-20(28)9-14-8-16(4-5-19(14)24)26-21-17(13-2-3-13)10-15(22)11-18(21)23;1-2/h4-5,8,10-13,26-27H,2-3,6-7,9H2,1H3,(H,25,28);1-2H3. The maximum Gasteiger partial charge on any atom is 0.224 e. The number of anilines is 2. The van der Waals surface area contributed by atoms with Crippen LogP contribution in [-0.2, 0) is 11.2 Å². The number of aliphatic hydroxyl groups is 1. The van der Waals surface area contributed by atoms with E-state index in [0.717, 1.165) is 24.1 Å². The summed E-state index contributed by atoms with van der Waals surface area (Å²) >= 11 is 12.5. The summed E-state index contributed by atoms with van der Waals surface area (Å²) in [6.07, 6.45) is 2.06. The Morgan fingerprint density at radius 2 is 1.93 bits per heavy atom. The lowest BCUT2D eigenvalue weighted by atomic mass is 10.1. The van der Waals surface area contributed by atoms with Gasteiger partial charge in [-0.15, -0.1) is 0 Å². The van der Waals surface area contributed by atoms with Crippen LogP contribution in [0, 0.1) is 5.82 Å². The SMILES string of the molecule is CC.CC(O)CCNC(=O)Cc1cc(Nc2c(Cl)cc(Cl)cc2C2CC2)ccc1F. The molecule has 1 aliphatic carbocycles. The molecule has 0 heterocycles. The van der Waals surface area contributed by atoms with Gasteiger partial charge in [-0.05, 0) is 73.6 Å². The van der Waals surface area contributed by atoms with Crippen LogP contribution in [0.15, 0.2) is 30.3 Å². The molecule has 1 aliphatic rings. The molecular weight excluding hydrogens is 426 g/mol. The summed E-state index contributed by atoms with van der Waals surface area (Å²) in [5, 5.41) is 16.3. The minimum Gasteiger partial charge on any atom is -0.393 e. The van der Waals surface area contributed by atoms with Crippen molar-refractivity contribution in [1.82, 2.24) is 5.32 Å². The van der Waals surface area contributed by atoms with Gasteiger partial charge < -0.3 is 15.7 Å². The molecule has 3 N–H and O–H groups in total. The first-order valence-electron chi connectivity index (χ1n) is 10.3. The van der Waals surface area contributed by atoms with Crippen LogP contribution in [0.25, 0.3) is 0 Å². The van der Waals surface area contributed by atoms with Gasteiger partial charge in [0.25, 0.3) is 0 Å². The van der Waals surface area contributed by atoms with E-state index in [-0.39, 0.29) is 17.9 Å². The molecule has 7 heteroatoms. The molecule has 0 spiro atoms. The molecule has 0 radical (unpaired) electrons. The summed E-state index contributed by atoms with van der Waals surface area (Å²) < 4.78 is 14.2. The normalized spacial score (nSPS) is 13.8. The molecule has 0 bridgehead atoms. The number of aliphatic hydroxyl groups excluding tert-OH is 1. The van der Waals surface area contributed by atoms with Gasteiger partial charge >= 0.3 is 0 Å². The fourth-order valence-electron chi connectivity index (χ4n) is 3.03. The van der Waals surface area contributed by atoms with E-state index in [1.807, 2.05) is 19.9 Å². The fraction of sp³-hybridized carbons (Fsp3) is 0.435. The van der Waals surface area contributed by atoms with E-state index in [0.29, 0.717) is 34.6 Å². The predicted octanol–water partition coefficient (Wildman–Crippen LogP) is 6.21. The van der Waals surface area contributed by atoms with Gasteiger partial charge in [-0.1, -0.05) is 37.0 Å². The van der Waals surface area contributed by atoms with Gasteiger partial charge in [0, 0.05) is 17.3 Å². The Labute approximate surface area is 187 Å². The fourth-order valence-corrected chi connectivity index (χ4v) is 3.59. The minimum absolute atomic E-state index is 0.0784. The molecular formula is C23H29Cl2FN2O2. The van der Waals surface area contributed by atoms with Gasteiger partial charge in [0.05, 0.1) is 23.2 Å². The molecule has 164 valence electrons. The highest BCUT2D eigenvalue weighted by atomic mass is 35.5. The van der Waals surface area contributed by atoms with Crippen LogP contribution in [0.3, 0.4) is 0 Å². The Balaban J connectivity index is 0.00000155. The van der Waals surface area contributed by atoms with Gasteiger partial charge in [-0.3, -0.25) is 4.79 Å². The molecule has 1 amide bonds. The third-order valence-corrected chi connectivity index (χ3v) is 5.17. The van der Waals surface area contributed by atoms with Crippen molar-refractivity contribution >= 4 is 40.5 Å². The van der Waals surface area contributed by atoms with Crippen LogP contribution < -0.4 is 10.6 Å². The molecule has 1 fully saturated rings. The predicted molar refractivity (Wildman–Crippen MR) is 122 cm³/mol. The monoisotopic (exact) mass is 454 g/mol. The number of benzene rings is 2. The summed E-state index contributed by atoms with van der Waals surface area (Å²) in [6, 6.07) is 8.16. The lowest BCUT2D eigenvalue weighted by Gasteiger charge is -2.15. The maximum absolute atomic E-state index is 14.2. The largest absolute Gasteiger partial charge is 0.393 e. The van der Waals surface area contributed by atoms with E-state index in [9.17, 15) is 14.3 Å². The summed E-state index contributed by atoms with van der Waals surface area (Å²) in [6.45, 7) is 6.00. The third-order valence-electron chi connectivity index (χ3n) is 4.65. The van der Waals surface area contributed by atoms with E-state index in [4.69, 9.17) is 23.2 Å². The Kier molecular flexibility index (Phi) is 9.40. The van der Waals surface area contributed by atoms with E-state index in [1.54, 1.807) is 25.1 Å². The first-order valence-corrected chi connectivity index (χ1v) is 11.1. The third kappa shape index (κ3) is 7.15. The van der Waals surface area contributed by atoms with Gasteiger partial charge in [-0.25, -0.2) is 4.39 Å². The molecule has 0 saturated heterocycles. The molecule has 4 nitrogen and oxygen atoms in total. The zero-order chi connectivity index (χ0) is 22.3. The molecule has 0 aliphatic heterocycles. The molecule has 1 saturated carbocycles. The Hall–Kier alpha value is -1.82. The van der Waals surface area contributed by atoms with Crippen molar-refractivity contribution < 1.29 is 14.3 Å². The summed E-state index contributed by atoms with van der Waals surface area (Å²) in [7, 11) is 0. The summed E-state index contributed by atoms with van der Waals surface area (Å²) in [5.74, 6) is -0.306. The smallest absolute Gasteiger partial charge is 0.224 e. The van der Waals surface area contributed by atoms with Gasteiger partial charge in [0.2, 0.25) is 5.91 Å². The number of nitrogens with one attached hydrogen (secondary N) is 2. The van der Waals surface area contributed by atoms with Crippen LogP contribution in [0.1, 0.15) is 57.1 Å². The van der Waals surface area contributed by atoms with E-state index in [1.165, 1.54) is 6.07 Å². The first kappa shape index (κ1) is 24.4. The van der Waals surface area contributed by atoms with Crippen LogP contribution in [0.2, 0.25) is 10.0 Å². The van der Waals surface area contributed by atoms with Crippen LogP contribution in [0.4, 0.5) is 15.8 Å². The average Bonchev–Trinajstić information content (AvgIpc) is 3.52. The topological polar surface area (TPSA) is 61.4 Å². The lowest BCUT2D eigenvalue weighted by molar-refractivity contribution is -0.120. The van der Waals surface area contributed by atoms with E-state index in [2.05, 4.69) is 10.6 Å². The van der Waals surface area contributed by atoms with Gasteiger partial charge in [0.1, 0.15) is 5.82 Å². The van der Waals surface area contributed by atoms with Crippen molar-refractivity contribution in [1.29, 1.82) is 0 Å². The summed E-state index contributed by atoms with van der Waals surface area (Å²) in [5.41, 5.74) is 2.77. The van der Waals surface area contributed by atoms with Crippen molar-refractivity contribution in [2.75, 3.05) is 11.9 Å². The van der Waals surface area contributed by atoms with Crippen molar-refractivity contribution in [3.63, 3.8) is 0 Å². The molecule has 1 atom stereocenters. The van der Waals surface area contributed by atoms with Crippen molar-refractivity contribution in [2.45, 2.75) is 58.5 Å². The second kappa shape index (κ2) is 11.5. The number of rotatable bonds is 8. The number of carbonyl (C=O) groups excluding carboxylic acids is 1. The van der Waals surface area contributed by atoms with Gasteiger partial charge in [-0.2, -0.15) is 0 Å². The Bertz CT molecular complexity index is 871. The number of amides is 1. The lowest BCUT2D eigenvalue weighted by Crippen LogP contribution is -2.28. The Morgan fingerprint density at radius 3 is 2.57 bits per heavy atom. The van der Waals surface area contributed by atoms with E-state index < -0.39 is 11.9 Å². The molecule has 0 aromatic heterocycles. The van der Waals surface area contributed by atoms with Crippen molar-refractivity contribution in [3.05, 3.63) is 57.3 Å². The number of carbonyl (C=O) groups is 1. The summed E-state index contributed by atoms with van der Waals surface area (Å²) in [4.78, 5) is 12.0. The molecule has 2 aromatic rings. The quantitative estimate of drug-likeness (QED) is 0.444. The average molecular weight is 455 g/mol. The second-order valence-corrected chi connectivity index (χ2v) is 8.07. The second-order valence-electron chi connectivity index (χ2n) is 7.22. The number of hydrogen-bond donors (Lipinski definition) is 3. The van der Waals surface area contributed by atoms with Crippen LogP contribution >= 0.6 is 23.2 Å². The molecule has 3 rings (SSSR count). The van der Waals surface area contributed by atoms with Gasteiger partial charge in [0.15, 0.2) is 0 Å². The van der Waals surface area contributed by atoms with Crippen molar-refractivity contribution in [2.24, 2.45) is 0 Å². The molecule has 30 heavy (non-hydrogen) atoms. The maximum atomic E-state index is 14.2. The molecule has 1 unspecified atom stereocenters. The zero-order valence-corrected chi connectivity index (χ0v) is 19.1. The van der Waals surface area contributed by atoms with Crippen molar-refractivity contribution in [3.8, 4) is 0 Å². The Morgan fingerprint density at radius 1 is 1.23 bits per heavy atom. The highest BCUT2D eigenvalue weighted by molar-refractivity contribution is 6.36.